The summed E-state index contributed by atoms with van der Waals surface area (Å²) in [7, 11) is 0. The smallest absolute Gasteiger partial charge is 0.255 e. The van der Waals surface area contributed by atoms with E-state index in [4.69, 9.17) is 11.6 Å². The first kappa shape index (κ1) is 12.4. The van der Waals surface area contributed by atoms with Crippen molar-refractivity contribution in [1.29, 1.82) is 0 Å². The summed E-state index contributed by atoms with van der Waals surface area (Å²) in [5.74, 6) is -0.960. The Hall–Kier alpha value is -2.07. The molecule has 0 saturated carbocycles. The van der Waals surface area contributed by atoms with Crippen LogP contribution in [0, 0.1) is 5.82 Å². The maximum absolute atomic E-state index is 12.9. The Bertz CT molecular complexity index is 601. The fourth-order valence-corrected chi connectivity index (χ4v) is 1.60. The molecule has 0 aliphatic carbocycles. The van der Waals surface area contributed by atoms with Crippen LogP contribution in [-0.2, 0) is 0 Å². The fourth-order valence-electron chi connectivity index (χ4n) is 1.42. The first-order chi connectivity index (χ1) is 8.56. The number of carbonyl (C=O) groups is 1. The zero-order valence-electron chi connectivity index (χ0n) is 9.15. The van der Waals surface area contributed by atoms with Crippen LogP contribution in [0.3, 0.4) is 0 Å². The summed E-state index contributed by atoms with van der Waals surface area (Å²) >= 11 is 5.70. The fraction of sp³-hybridized carbons (Fsp3) is 0. The molecule has 3 nitrogen and oxygen atoms in total. The number of benzene rings is 2. The molecular weight excluding hydrogens is 257 g/mol. The number of rotatable bonds is 2. The minimum Gasteiger partial charge on any atom is -0.506 e. The Kier molecular flexibility index (Phi) is 3.48. The molecule has 0 bridgehead atoms. The maximum Gasteiger partial charge on any atom is 0.255 e. The minimum absolute atomic E-state index is 0.0851. The van der Waals surface area contributed by atoms with Gasteiger partial charge in [-0.2, -0.15) is 0 Å². The van der Waals surface area contributed by atoms with E-state index in [-0.39, 0.29) is 16.3 Å². The number of carbonyl (C=O) groups excluding carboxylic acids is 1. The Morgan fingerprint density at radius 3 is 2.67 bits per heavy atom. The van der Waals surface area contributed by atoms with Crippen LogP contribution >= 0.6 is 11.6 Å². The second-order valence-electron chi connectivity index (χ2n) is 3.63. The highest BCUT2D eigenvalue weighted by Crippen LogP contribution is 2.24. The third-order valence-corrected chi connectivity index (χ3v) is 2.60. The zero-order valence-corrected chi connectivity index (χ0v) is 9.91. The Balaban J connectivity index is 2.19. The van der Waals surface area contributed by atoms with Crippen molar-refractivity contribution >= 4 is 23.2 Å². The van der Waals surface area contributed by atoms with Gasteiger partial charge in [0.25, 0.3) is 5.91 Å². The summed E-state index contributed by atoms with van der Waals surface area (Å²) in [5, 5.41) is 11.8. The highest BCUT2D eigenvalue weighted by molar-refractivity contribution is 6.32. The number of phenols is 1. The molecule has 0 spiro atoms. The summed E-state index contributed by atoms with van der Waals surface area (Å²) < 4.78 is 12.9. The molecule has 0 aliphatic rings. The molecule has 2 aromatic carbocycles. The van der Waals surface area contributed by atoms with E-state index >= 15 is 0 Å². The molecule has 18 heavy (non-hydrogen) atoms. The van der Waals surface area contributed by atoms with Gasteiger partial charge in [-0.25, -0.2) is 4.39 Å². The summed E-state index contributed by atoms with van der Waals surface area (Å²) in [5.41, 5.74) is 0.631. The van der Waals surface area contributed by atoms with E-state index in [0.29, 0.717) is 5.69 Å². The lowest BCUT2D eigenvalue weighted by atomic mass is 10.2. The molecule has 0 aromatic heterocycles. The average molecular weight is 266 g/mol. The van der Waals surface area contributed by atoms with Gasteiger partial charge in [-0.3, -0.25) is 4.79 Å². The van der Waals surface area contributed by atoms with Crippen LogP contribution < -0.4 is 5.32 Å². The molecule has 2 N–H and O–H groups in total. The zero-order chi connectivity index (χ0) is 13.1. The van der Waals surface area contributed by atoms with Crippen LogP contribution in [0.1, 0.15) is 10.4 Å². The molecule has 92 valence electrons. The number of hydrogen-bond donors (Lipinski definition) is 2. The largest absolute Gasteiger partial charge is 0.506 e. The minimum atomic E-state index is -0.434. The number of amides is 1. The molecule has 2 rings (SSSR count). The van der Waals surface area contributed by atoms with Crippen molar-refractivity contribution < 1.29 is 14.3 Å². The normalized spacial score (nSPS) is 10.1. The molecule has 0 saturated heterocycles. The standard InChI is InChI=1S/C13H9ClFNO2/c14-11-6-8(4-5-12(11)17)13(18)16-10-3-1-2-9(15)7-10/h1-7,17H,(H,16,18). The van der Waals surface area contributed by atoms with E-state index in [1.54, 1.807) is 6.07 Å². The SMILES string of the molecule is O=C(Nc1cccc(F)c1)c1ccc(O)c(Cl)c1. The third-order valence-electron chi connectivity index (χ3n) is 2.29. The number of hydrogen-bond acceptors (Lipinski definition) is 2. The van der Waals surface area contributed by atoms with Crippen molar-refractivity contribution in [1.82, 2.24) is 0 Å². The van der Waals surface area contributed by atoms with Gasteiger partial charge in [0.1, 0.15) is 11.6 Å². The number of aromatic hydroxyl groups is 1. The van der Waals surface area contributed by atoms with Gasteiger partial charge in [-0.05, 0) is 36.4 Å². The lowest BCUT2D eigenvalue weighted by Crippen LogP contribution is -2.11. The van der Waals surface area contributed by atoms with E-state index in [9.17, 15) is 14.3 Å². The van der Waals surface area contributed by atoms with Gasteiger partial charge in [0.2, 0.25) is 0 Å². The van der Waals surface area contributed by atoms with E-state index in [0.717, 1.165) is 0 Å². The molecule has 0 unspecified atom stereocenters. The van der Waals surface area contributed by atoms with E-state index < -0.39 is 11.7 Å². The van der Waals surface area contributed by atoms with Gasteiger partial charge in [0.05, 0.1) is 5.02 Å². The number of halogens is 2. The summed E-state index contributed by atoms with van der Waals surface area (Å²) in [6.45, 7) is 0. The van der Waals surface area contributed by atoms with Crippen LogP contribution in [0.2, 0.25) is 5.02 Å². The van der Waals surface area contributed by atoms with Gasteiger partial charge in [0, 0.05) is 11.3 Å². The number of anilines is 1. The average Bonchev–Trinajstić information content (AvgIpc) is 2.32. The van der Waals surface area contributed by atoms with Crippen LogP contribution in [0.4, 0.5) is 10.1 Å². The van der Waals surface area contributed by atoms with Crippen LogP contribution in [0.15, 0.2) is 42.5 Å². The van der Waals surface area contributed by atoms with Crippen molar-refractivity contribution in [2.45, 2.75) is 0 Å². The van der Waals surface area contributed by atoms with Gasteiger partial charge in [-0.15, -0.1) is 0 Å². The predicted octanol–water partition coefficient (Wildman–Crippen LogP) is 3.44. The summed E-state index contributed by atoms with van der Waals surface area (Å²) in [6, 6.07) is 9.65. The van der Waals surface area contributed by atoms with E-state index in [1.807, 2.05) is 0 Å². The Morgan fingerprint density at radius 2 is 2.00 bits per heavy atom. The number of phenolic OH excluding ortho intramolecular Hbond substituents is 1. The molecule has 0 heterocycles. The summed E-state index contributed by atoms with van der Waals surface area (Å²) in [6.07, 6.45) is 0. The van der Waals surface area contributed by atoms with Crippen molar-refractivity contribution in [3.8, 4) is 5.75 Å². The van der Waals surface area contributed by atoms with Crippen molar-refractivity contribution in [2.75, 3.05) is 5.32 Å². The van der Waals surface area contributed by atoms with Gasteiger partial charge < -0.3 is 10.4 Å². The van der Waals surface area contributed by atoms with E-state index in [1.165, 1.54) is 36.4 Å². The van der Waals surface area contributed by atoms with Gasteiger partial charge in [-0.1, -0.05) is 17.7 Å². The molecule has 0 aliphatic heterocycles. The second-order valence-corrected chi connectivity index (χ2v) is 4.04. The molecular formula is C13H9ClFNO2. The molecule has 1 amide bonds. The highest BCUT2D eigenvalue weighted by Gasteiger charge is 2.08. The maximum atomic E-state index is 12.9. The van der Waals surface area contributed by atoms with Crippen LogP contribution in [0.25, 0.3) is 0 Å². The molecule has 5 heteroatoms. The summed E-state index contributed by atoms with van der Waals surface area (Å²) in [4.78, 5) is 11.8. The van der Waals surface area contributed by atoms with Gasteiger partial charge >= 0.3 is 0 Å². The first-order valence-electron chi connectivity index (χ1n) is 5.12. The molecule has 2 aromatic rings. The van der Waals surface area contributed by atoms with E-state index in [2.05, 4.69) is 5.32 Å². The van der Waals surface area contributed by atoms with Crippen LogP contribution in [-0.4, -0.2) is 11.0 Å². The molecule has 0 atom stereocenters. The lowest BCUT2D eigenvalue weighted by molar-refractivity contribution is 0.102. The second kappa shape index (κ2) is 5.06. The first-order valence-corrected chi connectivity index (χ1v) is 5.49. The number of nitrogens with one attached hydrogen (secondary N) is 1. The van der Waals surface area contributed by atoms with Crippen molar-refractivity contribution in [3.05, 3.63) is 58.9 Å². The molecule has 0 fully saturated rings. The highest BCUT2D eigenvalue weighted by atomic mass is 35.5. The Morgan fingerprint density at radius 1 is 1.22 bits per heavy atom. The topological polar surface area (TPSA) is 49.3 Å². The van der Waals surface area contributed by atoms with Gasteiger partial charge in [0.15, 0.2) is 0 Å². The third kappa shape index (κ3) is 2.78. The quantitative estimate of drug-likeness (QED) is 0.874. The van der Waals surface area contributed by atoms with Crippen LogP contribution in [0.5, 0.6) is 5.75 Å². The predicted molar refractivity (Wildman–Crippen MR) is 67.5 cm³/mol. The lowest BCUT2D eigenvalue weighted by Gasteiger charge is -2.06. The molecule has 0 radical (unpaired) electrons. The van der Waals surface area contributed by atoms with Crippen molar-refractivity contribution in [2.24, 2.45) is 0 Å². The van der Waals surface area contributed by atoms with Crippen molar-refractivity contribution in [3.63, 3.8) is 0 Å². The monoisotopic (exact) mass is 265 g/mol. The Labute approximate surface area is 108 Å².